The lowest BCUT2D eigenvalue weighted by molar-refractivity contribution is -0.121. The number of hydrogen-bond donors (Lipinski definition) is 1. The summed E-state index contributed by atoms with van der Waals surface area (Å²) in [5.41, 5.74) is 0. The lowest BCUT2D eigenvalue weighted by Crippen LogP contribution is -2.48. The van der Waals surface area contributed by atoms with Gasteiger partial charge in [-0.3, -0.25) is 4.79 Å². The van der Waals surface area contributed by atoms with Gasteiger partial charge in [0.2, 0.25) is 15.9 Å². The maximum absolute atomic E-state index is 12.6. The second-order valence-electron chi connectivity index (χ2n) is 7.07. The van der Waals surface area contributed by atoms with Crippen molar-refractivity contribution in [3.8, 4) is 0 Å². The normalized spacial score (nSPS) is 21.7. The Kier molecular flexibility index (Phi) is 6.13. The number of piperidine rings is 1. The maximum Gasteiger partial charge on any atom is 0.244 e. The van der Waals surface area contributed by atoms with E-state index in [9.17, 15) is 13.2 Å². The quantitative estimate of drug-likeness (QED) is 0.813. The highest BCUT2D eigenvalue weighted by Gasteiger charge is 2.28. The molecule has 2 fully saturated rings. The first-order valence-corrected chi connectivity index (χ1v) is 10.9. The number of amides is 1. The van der Waals surface area contributed by atoms with E-state index in [-0.39, 0.29) is 16.8 Å². The molecule has 1 unspecified atom stereocenters. The van der Waals surface area contributed by atoms with Crippen molar-refractivity contribution in [2.75, 3.05) is 31.1 Å². The zero-order chi connectivity index (χ0) is 18.6. The topological polar surface area (TPSA) is 82.6 Å². The van der Waals surface area contributed by atoms with Crippen LogP contribution in [0.4, 0.5) is 5.82 Å². The number of rotatable bonds is 6. The van der Waals surface area contributed by atoms with Crippen molar-refractivity contribution in [1.29, 1.82) is 0 Å². The van der Waals surface area contributed by atoms with E-state index >= 15 is 0 Å². The Labute approximate surface area is 155 Å². The van der Waals surface area contributed by atoms with Crippen molar-refractivity contribution in [3.63, 3.8) is 0 Å². The minimum absolute atomic E-state index is 0.0966. The maximum atomic E-state index is 12.6. The Morgan fingerprint density at radius 2 is 2.00 bits per heavy atom. The van der Waals surface area contributed by atoms with Gasteiger partial charge in [0.05, 0.1) is 0 Å². The highest BCUT2D eigenvalue weighted by molar-refractivity contribution is 7.89. The van der Waals surface area contributed by atoms with Gasteiger partial charge in [-0.2, -0.15) is 4.31 Å². The summed E-state index contributed by atoms with van der Waals surface area (Å²) >= 11 is 0. The molecule has 2 aliphatic heterocycles. The fourth-order valence-corrected chi connectivity index (χ4v) is 5.08. The summed E-state index contributed by atoms with van der Waals surface area (Å²) in [4.78, 5) is 18.6. The molecule has 7 nitrogen and oxygen atoms in total. The van der Waals surface area contributed by atoms with E-state index in [4.69, 9.17) is 0 Å². The molecular formula is C18H28N4O3S. The van der Waals surface area contributed by atoms with E-state index in [1.54, 1.807) is 12.1 Å². The van der Waals surface area contributed by atoms with Gasteiger partial charge in [0.25, 0.3) is 0 Å². The SMILES string of the molecule is CCCC(=O)NC1CCCN(c2ccc(S(=O)(=O)N3CCCC3)cn2)C1. The molecule has 26 heavy (non-hydrogen) atoms. The number of anilines is 1. The van der Waals surface area contributed by atoms with Gasteiger partial charge in [0.15, 0.2) is 0 Å². The fourth-order valence-electron chi connectivity index (χ4n) is 3.62. The average Bonchev–Trinajstić information content (AvgIpc) is 3.18. The van der Waals surface area contributed by atoms with Gasteiger partial charge in [-0.1, -0.05) is 6.92 Å². The average molecular weight is 381 g/mol. The lowest BCUT2D eigenvalue weighted by Gasteiger charge is -2.34. The molecule has 1 atom stereocenters. The molecule has 0 aromatic carbocycles. The van der Waals surface area contributed by atoms with Crippen LogP contribution in [0.5, 0.6) is 0 Å². The van der Waals surface area contributed by atoms with Crippen LogP contribution < -0.4 is 10.2 Å². The largest absolute Gasteiger partial charge is 0.355 e. The summed E-state index contributed by atoms with van der Waals surface area (Å²) in [6, 6.07) is 3.55. The summed E-state index contributed by atoms with van der Waals surface area (Å²) < 4.78 is 26.7. The minimum atomic E-state index is -3.42. The van der Waals surface area contributed by atoms with Gasteiger partial charge >= 0.3 is 0 Å². The monoisotopic (exact) mass is 380 g/mol. The Morgan fingerprint density at radius 3 is 2.65 bits per heavy atom. The van der Waals surface area contributed by atoms with E-state index in [0.717, 1.165) is 44.5 Å². The molecule has 0 saturated carbocycles. The number of pyridine rings is 1. The number of carbonyl (C=O) groups is 1. The van der Waals surface area contributed by atoms with E-state index in [1.165, 1.54) is 10.5 Å². The molecule has 1 N–H and O–H groups in total. The van der Waals surface area contributed by atoms with Crippen LogP contribution in [0.25, 0.3) is 0 Å². The second-order valence-corrected chi connectivity index (χ2v) is 9.00. The smallest absolute Gasteiger partial charge is 0.244 e. The number of carbonyl (C=O) groups excluding carboxylic acids is 1. The summed E-state index contributed by atoms with van der Waals surface area (Å²) in [5.74, 6) is 0.860. The summed E-state index contributed by atoms with van der Waals surface area (Å²) in [6.07, 6.45) is 6.64. The van der Waals surface area contributed by atoms with Crippen molar-refractivity contribution < 1.29 is 13.2 Å². The van der Waals surface area contributed by atoms with Crippen LogP contribution in [0, 0.1) is 0 Å². The Balaban J connectivity index is 1.65. The lowest BCUT2D eigenvalue weighted by atomic mass is 10.1. The first-order valence-electron chi connectivity index (χ1n) is 9.51. The molecule has 0 radical (unpaired) electrons. The van der Waals surface area contributed by atoms with Gasteiger partial charge in [-0.25, -0.2) is 13.4 Å². The van der Waals surface area contributed by atoms with Crippen molar-refractivity contribution in [2.45, 2.75) is 56.4 Å². The zero-order valence-corrected chi connectivity index (χ0v) is 16.2. The van der Waals surface area contributed by atoms with Crippen LogP contribution in [0.15, 0.2) is 23.2 Å². The first kappa shape index (κ1) is 19.1. The minimum Gasteiger partial charge on any atom is -0.355 e. The van der Waals surface area contributed by atoms with Crippen LogP contribution in [0.1, 0.15) is 45.4 Å². The van der Waals surface area contributed by atoms with Gasteiger partial charge < -0.3 is 10.2 Å². The first-order chi connectivity index (χ1) is 12.5. The summed E-state index contributed by atoms with van der Waals surface area (Å²) in [6.45, 7) is 4.76. The number of hydrogen-bond acceptors (Lipinski definition) is 5. The second kappa shape index (κ2) is 8.35. The number of nitrogens with one attached hydrogen (secondary N) is 1. The molecule has 8 heteroatoms. The molecule has 0 aliphatic carbocycles. The molecule has 1 aromatic heterocycles. The van der Waals surface area contributed by atoms with Crippen LogP contribution in [-0.4, -0.2) is 55.8 Å². The Hall–Kier alpha value is -1.67. The number of nitrogens with zero attached hydrogens (tertiary/aromatic N) is 3. The molecule has 2 saturated heterocycles. The predicted octanol–water partition coefficient (Wildman–Crippen LogP) is 1.75. The van der Waals surface area contributed by atoms with Crippen molar-refractivity contribution in [2.24, 2.45) is 0 Å². The van der Waals surface area contributed by atoms with Gasteiger partial charge in [-0.05, 0) is 44.2 Å². The molecule has 3 rings (SSSR count). The molecule has 2 aliphatic rings. The predicted molar refractivity (Wildman–Crippen MR) is 101 cm³/mol. The van der Waals surface area contributed by atoms with Gasteiger partial charge in [-0.15, -0.1) is 0 Å². The van der Waals surface area contributed by atoms with E-state index in [2.05, 4.69) is 15.2 Å². The van der Waals surface area contributed by atoms with Gasteiger partial charge in [0.1, 0.15) is 10.7 Å². The molecule has 0 spiro atoms. The van der Waals surface area contributed by atoms with Crippen LogP contribution in [0.3, 0.4) is 0 Å². The van der Waals surface area contributed by atoms with Gasteiger partial charge in [0, 0.05) is 44.8 Å². The Bertz CT molecular complexity index is 714. The van der Waals surface area contributed by atoms with Crippen LogP contribution in [0.2, 0.25) is 0 Å². The third kappa shape index (κ3) is 4.35. The molecular weight excluding hydrogens is 352 g/mol. The van der Waals surface area contributed by atoms with E-state index in [0.29, 0.717) is 26.1 Å². The van der Waals surface area contributed by atoms with E-state index < -0.39 is 10.0 Å². The highest BCUT2D eigenvalue weighted by atomic mass is 32.2. The Morgan fingerprint density at radius 1 is 1.23 bits per heavy atom. The molecule has 1 amide bonds. The molecule has 1 aromatic rings. The van der Waals surface area contributed by atoms with E-state index in [1.807, 2.05) is 6.92 Å². The molecule has 3 heterocycles. The number of aromatic nitrogens is 1. The van der Waals surface area contributed by atoms with Crippen LogP contribution in [-0.2, 0) is 14.8 Å². The highest BCUT2D eigenvalue weighted by Crippen LogP contribution is 2.23. The van der Waals surface area contributed by atoms with Crippen molar-refractivity contribution in [3.05, 3.63) is 18.3 Å². The molecule has 144 valence electrons. The third-order valence-electron chi connectivity index (χ3n) is 5.01. The van der Waals surface area contributed by atoms with Crippen LogP contribution >= 0.6 is 0 Å². The van der Waals surface area contributed by atoms with Crippen molar-refractivity contribution >= 4 is 21.7 Å². The molecule has 0 bridgehead atoms. The summed E-state index contributed by atoms with van der Waals surface area (Å²) in [5, 5.41) is 3.08. The standard InChI is InChI=1S/C18H28N4O3S/c1-2-6-18(23)20-15-7-5-10-21(14-15)17-9-8-16(13-19-17)26(24,25)22-11-3-4-12-22/h8-9,13,15H,2-7,10-12,14H2,1H3,(H,20,23). The fraction of sp³-hybridized carbons (Fsp3) is 0.667. The zero-order valence-electron chi connectivity index (χ0n) is 15.4. The summed E-state index contributed by atoms with van der Waals surface area (Å²) in [7, 11) is -3.42. The van der Waals surface area contributed by atoms with Crippen molar-refractivity contribution in [1.82, 2.24) is 14.6 Å². The number of sulfonamides is 1. The third-order valence-corrected chi connectivity index (χ3v) is 6.89.